The molecule has 0 atom stereocenters. The van der Waals surface area contributed by atoms with Gasteiger partial charge in [0.2, 0.25) is 0 Å². The average molecular weight is 363 g/mol. The van der Waals surface area contributed by atoms with Crippen LogP contribution >= 0.6 is 0 Å². The fraction of sp³-hybridized carbons (Fsp3) is 0.750. The van der Waals surface area contributed by atoms with E-state index in [1.165, 1.54) is 63.4 Å². The Bertz CT molecular complexity index is 493. The van der Waals surface area contributed by atoms with E-state index in [9.17, 15) is 10.2 Å². The lowest BCUT2D eigenvalue weighted by molar-refractivity contribution is 0.428. The highest BCUT2D eigenvalue weighted by Crippen LogP contribution is 2.37. The minimum Gasteiger partial charge on any atom is -0.508 e. The molecule has 0 spiro atoms. The first kappa shape index (κ1) is 22.9. The Labute approximate surface area is 162 Å². The first-order valence-corrected chi connectivity index (χ1v) is 11.2. The van der Waals surface area contributed by atoms with Gasteiger partial charge in [-0.05, 0) is 55.7 Å². The van der Waals surface area contributed by atoms with Crippen molar-refractivity contribution < 1.29 is 10.2 Å². The minimum absolute atomic E-state index is 0.307. The van der Waals surface area contributed by atoms with Crippen molar-refractivity contribution in [3.63, 3.8) is 0 Å². The monoisotopic (exact) mass is 362 g/mol. The van der Waals surface area contributed by atoms with E-state index in [4.69, 9.17) is 0 Å². The quantitative estimate of drug-likeness (QED) is 0.318. The van der Waals surface area contributed by atoms with Gasteiger partial charge in [0.25, 0.3) is 0 Å². The van der Waals surface area contributed by atoms with E-state index < -0.39 is 0 Å². The average Bonchev–Trinajstić information content (AvgIpc) is 2.63. The molecule has 26 heavy (non-hydrogen) atoms. The third kappa shape index (κ3) is 8.01. The zero-order chi connectivity index (χ0) is 19.2. The van der Waals surface area contributed by atoms with Gasteiger partial charge in [0, 0.05) is 5.56 Å². The number of aryl methyl sites for hydroxylation is 1. The fourth-order valence-corrected chi connectivity index (χ4v) is 3.74. The first-order chi connectivity index (χ1) is 12.7. The number of phenols is 2. The molecule has 0 heterocycles. The zero-order valence-electron chi connectivity index (χ0n) is 17.6. The molecule has 0 saturated carbocycles. The molecular weight excluding hydrogens is 320 g/mol. The second-order valence-corrected chi connectivity index (χ2v) is 7.79. The molecule has 1 aromatic rings. The molecule has 0 aliphatic carbocycles. The molecular formula is C24H42O2. The van der Waals surface area contributed by atoms with E-state index in [2.05, 4.69) is 20.8 Å². The van der Waals surface area contributed by atoms with Gasteiger partial charge in [-0.3, -0.25) is 0 Å². The Kier molecular flexibility index (Phi) is 12.3. The van der Waals surface area contributed by atoms with Crippen LogP contribution in [0.1, 0.15) is 115 Å². The van der Waals surface area contributed by atoms with Crippen LogP contribution in [0.2, 0.25) is 0 Å². The lowest BCUT2D eigenvalue weighted by atomic mass is 9.91. The topological polar surface area (TPSA) is 40.5 Å². The van der Waals surface area contributed by atoms with Crippen LogP contribution in [-0.4, -0.2) is 10.2 Å². The third-order valence-corrected chi connectivity index (χ3v) is 5.44. The third-order valence-electron chi connectivity index (χ3n) is 5.44. The van der Waals surface area contributed by atoms with Crippen LogP contribution in [0.25, 0.3) is 0 Å². The normalized spacial score (nSPS) is 11.2. The van der Waals surface area contributed by atoms with Crippen molar-refractivity contribution in [1.82, 2.24) is 0 Å². The van der Waals surface area contributed by atoms with E-state index >= 15 is 0 Å². The SMILES string of the molecule is CCCCCCc1cc(O)c(CCCCCC)c(O)c1CCCCCC. The molecule has 0 amide bonds. The summed E-state index contributed by atoms with van der Waals surface area (Å²) in [6.45, 7) is 6.66. The van der Waals surface area contributed by atoms with Crippen molar-refractivity contribution in [2.24, 2.45) is 0 Å². The van der Waals surface area contributed by atoms with E-state index in [-0.39, 0.29) is 0 Å². The summed E-state index contributed by atoms with van der Waals surface area (Å²) in [5, 5.41) is 21.4. The fourth-order valence-electron chi connectivity index (χ4n) is 3.74. The summed E-state index contributed by atoms with van der Waals surface area (Å²) in [5.74, 6) is 0.699. The Morgan fingerprint density at radius 3 is 1.54 bits per heavy atom. The van der Waals surface area contributed by atoms with Crippen LogP contribution in [0.5, 0.6) is 11.5 Å². The summed E-state index contributed by atoms with van der Waals surface area (Å²) < 4.78 is 0. The molecule has 150 valence electrons. The molecule has 2 nitrogen and oxygen atoms in total. The van der Waals surface area contributed by atoms with Crippen molar-refractivity contribution >= 4 is 0 Å². The minimum atomic E-state index is 0.307. The van der Waals surface area contributed by atoms with Gasteiger partial charge in [-0.1, -0.05) is 78.6 Å². The summed E-state index contributed by atoms with van der Waals surface area (Å²) >= 11 is 0. The number of rotatable bonds is 15. The predicted molar refractivity (Wildman–Crippen MR) is 113 cm³/mol. The van der Waals surface area contributed by atoms with Crippen molar-refractivity contribution in [3.05, 3.63) is 22.8 Å². The maximum atomic E-state index is 10.9. The number of unbranched alkanes of at least 4 members (excludes halogenated alkanes) is 9. The molecule has 0 radical (unpaired) electrons. The van der Waals surface area contributed by atoms with Gasteiger partial charge in [-0.25, -0.2) is 0 Å². The van der Waals surface area contributed by atoms with Gasteiger partial charge >= 0.3 is 0 Å². The van der Waals surface area contributed by atoms with E-state index in [1.807, 2.05) is 6.07 Å². The van der Waals surface area contributed by atoms with Crippen LogP contribution in [0.4, 0.5) is 0 Å². The van der Waals surface area contributed by atoms with E-state index in [0.29, 0.717) is 11.5 Å². The molecule has 0 fully saturated rings. The second kappa shape index (κ2) is 13.9. The molecule has 2 heteroatoms. The standard InChI is InChI=1S/C24H42O2/c1-4-7-10-13-16-20-19-23(25)22(18-15-12-9-6-3)24(26)21(20)17-14-11-8-5-2/h19,25-26H,4-18H2,1-3H3. The summed E-state index contributed by atoms with van der Waals surface area (Å²) in [5.41, 5.74) is 3.06. The Hall–Kier alpha value is -1.18. The maximum Gasteiger partial charge on any atom is 0.125 e. The molecule has 2 N–H and O–H groups in total. The van der Waals surface area contributed by atoms with Crippen LogP contribution in [0.15, 0.2) is 6.07 Å². The number of aromatic hydroxyl groups is 2. The van der Waals surface area contributed by atoms with E-state index in [0.717, 1.165) is 49.7 Å². The van der Waals surface area contributed by atoms with Gasteiger partial charge in [0.1, 0.15) is 11.5 Å². The number of hydrogen-bond donors (Lipinski definition) is 2. The first-order valence-electron chi connectivity index (χ1n) is 11.2. The number of benzene rings is 1. The Morgan fingerprint density at radius 1 is 0.577 bits per heavy atom. The number of phenolic OH excluding ortho intramolecular Hbond substituents is 2. The smallest absolute Gasteiger partial charge is 0.125 e. The van der Waals surface area contributed by atoms with E-state index in [1.54, 1.807) is 0 Å². The van der Waals surface area contributed by atoms with Crippen LogP contribution < -0.4 is 0 Å². The number of hydrogen-bond acceptors (Lipinski definition) is 2. The van der Waals surface area contributed by atoms with Crippen molar-refractivity contribution in [2.45, 2.75) is 117 Å². The van der Waals surface area contributed by atoms with Crippen molar-refractivity contribution in [1.29, 1.82) is 0 Å². The summed E-state index contributed by atoms with van der Waals surface area (Å²) in [6, 6.07) is 1.95. The predicted octanol–water partition coefficient (Wildman–Crippen LogP) is 7.47. The summed E-state index contributed by atoms with van der Waals surface area (Å²) in [4.78, 5) is 0. The lowest BCUT2D eigenvalue weighted by Gasteiger charge is -2.17. The highest BCUT2D eigenvalue weighted by molar-refractivity contribution is 5.53. The maximum absolute atomic E-state index is 10.9. The van der Waals surface area contributed by atoms with Crippen molar-refractivity contribution in [3.8, 4) is 11.5 Å². The molecule has 0 aliphatic heterocycles. The molecule has 1 aromatic carbocycles. The highest BCUT2D eigenvalue weighted by atomic mass is 16.3. The second-order valence-electron chi connectivity index (χ2n) is 7.79. The highest BCUT2D eigenvalue weighted by Gasteiger charge is 2.17. The molecule has 0 bridgehead atoms. The van der Waals surface area contributed by atoms with Gasteiger partial charge in [-0.15, -0.1) is 0 Å². The van der Waals surface area contributed by atoms with Crippen molar-refractivity contribution in [2.75, 3.05) is 0 Å². The molecule has 0 saturated heterocycles. The largest absolute Gasteiger partial charge is 0.508 e. The molecule has 1 rings (SSSR count). The summed E-state index contributed by atoms with van der Waals surface area (Å²) in [6.07, 6.45) is 17.0. The molecule has 0 unspecified atom stereocenters. The zero-order valence-corrected chi connectivity index (χ0v) is 17.6. The van der Waals surface area contributed by atoms with Gasteiger partial charge in [0.15, 0.2) is 0 Å². The van der Waals surface area contributed by atoms with Crippen LogP contribution in [0, 0.1) is 0 Å². The molecule has 0 aliphatic rings. The lowest BCUT2D eigenvalue weighted by Crippen LogP contribution is -2.01. The molecule has 0 aromatic heterocycles. The van der Waals surface area contributed by atoms with Gasteiger partial charge < -0.3 is 10.2 Å². The van der Waals surface area contributed by atoms with Crippen LogP contribution in [-0.2, 0) is 19.3 Å². The Morgan fingerprint density at radius 2 is 1.04 bits per heavy atom. The summed E-state index contributed by atoms with van der Waals surface area (Å²) in [7, 11) is 0. The Balaban J connectivity index is 2.88. The van der Waals surface area contributed by atoms with Gasteiger partial charge in [-0.2, -0.15) is 0 Å². The van der Waals surface area contributed by atoms with Gasteiger partial charge in [0.05, 0.1) is 0 Å². The van der Waals surface area contributed by atoms with Crippen LogP contribution in [0.3, 0.4) is 0 Å².